The molecule has 0 saturated carbocycles. The summed E-state index contributed by atoms with van der Waals surface area (Å²) in [5.41, 5.74) is 4.51. The molecule has 5 nitrogen and oxygen atoms in total. The molecule has 0 aliphatic heterocycles. The lowest BCUT2D eigenvalue weighted by Crippen LogP contribution is -2.11. The van der Waals surface area contributed by atoms with Crippen molar-refractivity contribution in [2.75, 3.05) is 37.9 Å². The Labute approximate surface area is 138 Å². The van der Waals surface area contributed by atoms with Gasteiger partial charge < -0.3 is 15.1 Å². The van der Waals surface area contributed by atoms with Crippen LogP contribution in [0.25, 0.3) is 5.52 Å². The monoisotopic (exact) mass is 313 g/mol. The molecule has 0 amide bonds. The van der Waals surface area contributed by atoms with Gasteiger partial charge in [-0.15, -0.1) is 0 Å². The zero-order valence-corrected chi connectivity index (χ0v) is 14.6. The van der Waals surface area contributed by atoms with Gasteiger partial charge in [0, 0.05) is 33.9 Å². The van der Waals surface area contributed by atoms with Gasteiger partial charge in [0.2, 0.25) is 0 Å². The maximum atomic E-state index is 4.76. The van der Waals surface area contributed by atoms with Crippen molar-refractivity contribution < 1.29 is 0 Å². The molecule has 0 atom stereocenters. The van der Waals surface area contributed by atoms with Crippen molar-refractivity contribution in [2.45, 2.75) is 19.8 Å². The van der Waals surface area contributed by atoms with E-state index in [9.17, 15) is 0 Å². The molecule has 0 saturated heterocycles. The van der Waals surface area contributed by atoms with Crippen LogP contribution in [0.2, 0.25) is 0 Å². The minimum atomic E-state index is 0.923. The molecule has 0 aliphatic rings. The van der Waals surface area contributed by atoms with Gasteiger partial charge in [-0.1, -0.05) is 12.7 Å². The van der Waals surface area contributed by atoms with Crippen molar-refractivity contribution in [3.63, 3.8) is 0 Å². The Morgan fingerprint density at radius 3 is 2.78 bits per heavy atom. The van der Waals surface area contributed by atoms with E-state index in [2.05, 4.69) is 41.9 Å². The highest BCUT2D eigenvalue weighted by Gasteiger charge is 2.15. The molecule has 0 aliphatic carbocycles. The van der Waals surface area contributed by atoms with Crippen LogP contribution in [0.15, 0.2) is 43.4 Å². The topological polar surface area (TPSA) is 35.8 Å². The van der Waals surface area contributed by atoms with Crippen molar-refractivity contribution in [3.05, 3.63) is 49.1 Å². The number of allylic oxidation sites excluding steroid dienone is 1. The number of nitrogens with one attached hydrogen (secondary N) is 1. The van der Waals surface area contributed by atoms with E-state index >= 15 is 0 Å². The molecular formula is C18H27N5. The molecule has 2 heterocycles. The van der Waals surface area contributed by atoms with Crippen LogP contribution in [-0.4, -0.2) is 42.2 Å². The van der Waals surface area contributed by atoms with Gasteiger partial charge in [0.05, 0.1) is 17.1 Å². The van der Waals surface area contributed by atoms with Crippen LogP contribution >= 0.6 is 0 Å². The van der Waals surface area contributed by atoms with Crippen LogP contribution in [0, 0.1) is 0 Å². The van der Waals surface area contributed by atoms with Crippen molar-refractivity contribution >= 4 is 16.9 Å². The fraction of sp³-hybridized carbons (Fsp3) is 0.389. The number of pyridine rings is 1. The fourth-order valence-corrected chi connectivity index (χ4v) is 2.78. The largest absolute Gasteiger partial charge is 0.385 e. The molecule has 0 unspecified atom stereocenters. The fourth-order valence-electron chi connectivity index (χ4n) is 2.78. The number of rotatable bonds is 8. The minimum absolute atomic E-state index is 0.923. The Kier molecular flexibility index (Phi) is 5.68. The summed E-state index contributed by atoms with van der Waals surface area (Å²) in [4.78, 5) is 4.22. The average Bonchev–Trinajstić information content (AvgIpc) is 2.91. The summed E-state index contributed by atoms with van der Waals surface area (Å²) >= 11 is 0. The molecule has 23 heavy (non-hydrogen) atoms. The van der Waals surface area contributed by atoms with Crippen LogP contribution in [0.3, 0.4) is 0 Å². The second-order valence-electron chi connectivity index (χ2n) is 5.66. The number of aryl methyl sites for hydroxylation is 1. The van der Waals surface area contributed by atoms with E-state index in [-0.39, 0.29) is 0 Å². The van der Waals surface area contributed by atoms with Crippen LogP contribution in [0.4, 0.5) is 11.4 Å². The van der Waals surface area contributed by atoms with Crippen LogP contribution in [0.5, 0.6) is 0 Å². The summed E-state index contributed by atoms with van der Waals surface area (Å²) in [5, 5.41) is 8.09. The lowest BCUT2D eigenvalue weighted by molar-refractivity contribution is 0.487. The van der Waals surface area contributed by atoms with Gasteiger partial charge in [0.15, 0.2) is 0 Å². The first-order chi connectivity index (χ1) is 11.1. The van der Waals surface area contributed by atoms with Gasteiger partial charge in [-0.05, 0) is 44.3 Å². The zero-order chi connectivity index (χ0) is 16.8. The Morgan fingerprint density at radius 1 is 1.39 bits per heavy atom. The van der Waals surface area contributed by atoms with Gasteiger partial charge in [-0.25, -0.2) is 4.52 Å². The number of hydrogen-bond donors (Lipinski definition) is 1. The molecule has 0 radical (unpaired) electrons. The summed E-state index contributed by atoms with van der Waals surface area (Å²) in [6.45, 7) is 6.79. The molecule has 1 N–H and O–H groups in total. The Balaban J connectivity index is 2.24. The van der Waals surface area contributed by atoms with E-state index in [1.165, 1.54) is 0 Å². The first-order valence-corrected chi connectivity index (χ1v) is 7.98. The van der Waals surface area contributed by atoms with Gasteiger partial charge in [-0.3, -0.25) is 0 Å². The van der Waals surface area contributed by atoms with Crippen molar-refractivity contribution in [1.82, 2.24) is 14.5 Å². The van der Waals surface area contributed by atoms with E-state index in [1.54, 1.807) is 0 Å². The van der Waals surface area contributed by atoms with Crippen molar-refractivity contribution in [3.8, 4) is 0 Å². The normalized spacial score (nSPS) is 11.1. The molecule has 2 rings (SSSR count). The lowest BCUT2D eigenvalue weighted by Gasteiger charge is -2.15. The van der Waals surface area contributed by atoms with Crippen LogP contribution in [-0.2, 0) is 6.42 Å². The van der Waals surface area contributed by atoms with Crippen molar-refractivity contribution in [1.29, 1.82) is 0 Å². The second kappa shape index (κ2) is 7.72. The number of nitrogens with zero attached hydrogens (tertiary/aromatic N) is 4. The van der Waals surface area contributed by atoms with E-state index in [1.807, 2.05) is 49.2 Å². The Hall–Kier alpha value is -2.43. The number of hydrogen-bond acceptors (Lipinski definition) is 4. The first-order valence-electron chi connectivity index (χ1n) is 7.98. The van der Waals surface area contributed by atoms with E-state index in [4.69, 9.17) is 5.10 Å². The molecule has 0 aromatic carbocycles. The summed E-state index contributed by atoms with van der Waals surface area (Å²) in [6, 6.07) is 4.15. The number of anilines is 2. The van der Waals surface area contributed by atoms with E-state index < -0.39 is 0 Å². The molecule has 0 spiro atoms. The summed E-state index contributed by atoms with van der Waals surface area (Å²) < 4.78 is 1.97. The predicted molar refractivity (Wildman–Crippen MR) is 99.1 cm³/mol. The molecule has 5 heteroatoms. The third-order valence-electron chi connectivity index (χ3n) is 3.84. The average molecular weight is 313 g/mol. The molecule has 2 aromatic rings. The minimum Gasteiger partial charge on any atom is -0.385 e. The van der Waals surface area contributed by atoms with E-state index in [0.717, 1.165) is 42.0 Å². The third kappa shape index (κ3) is 3.67. The Bertz CT molecular complexity index is 684. The first kappa shape index (κ1) is 16.9. The smallest absolute Gasteiger partial charge is 0.113 e. The standard InChI is InChI=1S/C18H27N5/c1-6-12-22(7-2)13-8-10-15-17(19-3)18-16(21(4)5)11-9-14-23(18)20-15/h6-7,9,11-12,14,19H,2,8,10,13H2,1,3-5H3/b12-6-. The van der Waals surface area contributed by atoms with Gasteiger partial charge >= 0.3 is 0 Å². The van der Waals surface area contributed by atoms with Crippen LogP contribution < -0.4 is 10.2 Å². The predicted octanol–water partition coefficient (Wildman–Crippen LogP) is 3.35. The summed E-state index contributed by atoms with van der Waals surface area (Å²) in [6.07, 6.45) is 9.86. The van der Waals surface area contributed by atoms with Gasteiger partial charge in [0.1, 0.15) is 5.52 Å². The maximum absolute atomic E-state index is 4.76. The molecule has 0 fully saturated rings. The maximum Gasteiger partial charge on any atom is 0.113 e. The highest BCUT2D eigenvalue weighted by Crippen LogP contribution is 2.30. The van der Waals surface area contributed by atoms with Gasteiger partial charge in [0.25, 0.3) is 0 Å². The lowest BCUT2D eigenvalue weighted by atomic mass is 10.2. The van der Waals surface area contributed by atoms with E-state index in [0.29, 0.717) is 0 Å². The molecular weight excluding hydrogens is 286 g/mol. The summed E-state index contributed by atoms with van der Waals surface area (Å²) in [5.74, 6) is 0. The SMILES string of the molecule is C=CN(/C=C\C)CCCc1nn2cccc(N(C)C)c2c1NC. The number of fused-ring (bicyclic) bond motifs is 1. The zero-order valence-electron chi connectivity index (χ0n) is 14.6. The van der Waals surface area contributed by atoms with Crippen LogP contribution in [0.1, 0.15) is 19.0 Å². The molecule has 0 bridgehead atoms. The van der Waals surface area contributed by atoms with Gasteiger partial charge in [-0.2, -0.15) is 5.10 Å². The van der Waals surface area contributed by atoms with Crippen molar-refractivity contribution in [2.24, 2.45) is 0 Å². The third-order valence-corrected chi connectivity index (χ3v) is 3.84. The Morgan fingerprint density at radius 2 is 2.17 bits per heavy atom. The number of aromatic nitrogens is 2. The summed E-state index contributed by atoms with van der Waals surface area (Å²) in [7, 11) is 6.07. The molecule has 2 aromatic heterocycles. The second-order valence-corrected chi connectivity index (χ2v) is 5.66. The highest BCUT2D eigenvalue weighted by atomic mass is 15.3. The highest BCUT2D eigenvalue weighted by molar-refractivity contribution is 5.87. The quantitative estimate of drug-likeness (QED) is 0.811. The molecule has 124 valence electrons.